The molecule has 1 aliphatic rings. The van der Waals surface area contributed by atoms with Crippen LogP contribution in [0.25, 0.3) is 11.3 Å². The minimum Gasteiger partial charge on any atom is -0.388 e. The summed E-state index contributed by atoms with van der Waals surface area (Å²) in [5, 5.41) is 28.6. The van der Waals surface area contributed by atoms with Gasteiger partial charge in [-0.15, -0.1) is 10.2 Å². The summed E-state index contributed by atoms with van der Waals surface area (Å²) < 4.78 is 1.82. The van der Waals surface area contributed by atoms with Gasteiger partial charge in [0.2, 0.25) is 0 Å². The Morgan fingerprint density at radius 1 is 1.46 bits per heavy atom. The summed E-state index contributed by atoms with van der Waals surface area (Å²) in [5.74, 6) is 1.42. The lowest BCUT2D eigenvalue weighted by molar-refractivity contribution is 0.0697. The summed E-state index contributed by atoms with van der Waals surface area (Å²) in [4.78, 5) is 14.7. The molecule has 26 heavy (non-hydrogen) atoms. The number of rotatable bonds is 4. The smallest absolute Gasteiger partial charge is 0.271 e. The Morgan fingerprint density at radius 3 is 3.08 bits per heavy atom. The van der Waals surface area contributed by atoms with Crippen LogP contribution in [0.2, 0.25) is 0 Å². The van der Waals surface area contributed by atoms with Crippen LogP contribution in [0.5, 0.6) is 0 Å². The third kappa shape index (κ3) is 3.04. The molecule has 8 nitrogen and oxygen atoms in total. The molecule has 0 radical (unpaired) electrons. The number of aliphatic hydroxyl groups is 1. The highest BCUT2D eigenvalue weighted by atomic mass is 32.1. The fourth-order valence-corrected chi connectivity index (χ4v) is 4.05. The van der Waals surface area contributed by atoms with E-state index in [9.17, 15) is 9.90 Å². The number of thiophene rings is 1. The number of hydrogen-bond donors (Lipinski definition) is 2. The van der Waals surface area contributed by atoms with Crippen LogP contribution in [-0.2, 0) is 13.7 Å². The van der Waals surface area contributed by atoms with E-state index in [1.807, 2.05) is 33.3 Å². The average Bonchev–Trinajstić information content (AvgIpc) is 3.41. The fraction of sp³-hybridized carbons (Fsp3) is 0.412. The normalized spacial score (nSPS) is 17.6. The van der Waals surface area contributed by atoms with Gasteiger partial charge < -0.3 is 14.6 Å². The molecule has 1 fully saturated rings. The number of hydrogen-bond acceptors (Lipinski definition) is 6. The van der Waals surface area contributed by atoms with Gasteiger partial charge in [-0.1, -0.05) is 0 Å². The van der Waals surface area contributed by atoms with Crippen LogP contribution >= 0.6 is 11.3 Å². The predicted octanol–water partition coefficient (Wildman–Crippen LogP) is 1.78. The lowest BCUT2D eigenvalue weighted by Crippen LogP contribution is -2.40. The topological polar surface area (TPSA) is 99.9 Å². The molecule has 4 rings (SSSR count). The molecule has 1 atom stereocenters. The maximum absolute atomic E-state index is 12.9. The zero-order valence-electron chi connectivity index (χ0n) is 14.4. The molecular formula is C17H20N6O2S. The molecule has 0 saturated carbocycles. The highest BCUT2D eigenvalue weighted by Gasteiger charge is 2.29. The molecule has 2 N–H and O–H groups in total. The van der Waals surface area contributed by atoms with Gasteiger partial charge in [-0.3, -0.25) is 9.89 Å². The average molecular weight is 372 g/mol. The van der Waals surface area contributed by atoms with E-state index < -0.39 is 0 Å². The summed E-state index contributed by atoms with van der Waals surface area (Å²) in [6.07, 6.45) is 1.85. The number of piperidine rings is 1. The van der Waals surface area contributed by atoms with E-state index in [4.69, 9.17) is 0 Å². The molecule has 1 saturated heterocycles. The SMILES string of the molecule is Cn1c(CO)nnc1C1CCCN(C(=O)c2cc(-c3ccsc3)n[nH]2)C1. The van der Waals surface area contributed by atoms with E-state index in [1.54, 1.807) is 17.4 Å². The third-order valence-electron chi connectivity index (χ3n) is 4.84. The second-order valence-corrected chi connectivity index (χ2v) is 7.24. The first kappa shape index (κ1) is 16.9. The maximum Gasteiger partial charge on any atom is 0.271 e. The number of H-pyrrole nitrogens is 1. The molecule has 1 amide bonds. The van der Waals surface area contributed by atoms with Crippen LogP contribution in [0.15, 0.2) is 22.9 Å². The summed E-state index contributed by atoms with van der Waals surface area (Å²) in [7, 11) is 1.85. The summed E-state index contributed by atoms with van der Waals surface area (Å²) in [6, 6.07) is 3.79. The van der Waals surface area contributed by atoms with Crippen molar-refractivity contribution in [2.24, 2.45) is 7.05 Å². The number of nitrogens with one attached hydrogen (secondary N) is 1. The van der Waals surface area contributed by atoms with E-state index >= 15 is 0 Å². The van der Waals surface area contributed by atoms with Crippen LogP contribution < -0.4 is 0 Å². The van der Waals surface area contributed by atoms with Gasteiger partial charge in [0.15, 0.2) is 5.82 Å². The number of amides is 1. The number of likely N-dealkylation sites (tertiary alicyclic amines) is 1. The van der Waals surface area contributed by atoms with Crippen LogP contribution in [0.4, 0.5) is 0 Å². The molecular weight excluding hydrogens is 352 g/mol. The van der Waals surface area contributed by atoms with E-state index in [-0.39, 0.29) is 18.4 Å². The van der Waals surface area contributed by atoms with Crippen molar-refractivity contribution in [3.63, 3.8) is 0 Å². The molecule has 3 aromatic heterocycles. The van der Waals surface area contributed by atoms with Gasteiger partial charge in [-0.2, -0.15) is 16.4 Å². The number of carbonyl (C=O) groups is 1. The highest BCUT2D eigenvalue weighted by Crippen LogP contribution is 2.27. The second-order valence-electron chi connectivity index (χ2n) is 6.46. The van der Waals surface area contributed by atoms with Crippen molar-refractivity contribution in [2.75, 3.05) is 13.1 Å². The Bertz CT molecular complexity index is 900. The predicted molar refractivity (Wildman–Crippen MR) is 96.7 cm³/mol. The maximum atomic E-state index is 12.9. The van der Waals surface area contributed by atoms with Gasteiger partial charge in [0.25, 0.3) is 5.91 Å². The summed E-state index contributed by atoms with van der Waals surface area (Å²) in [6.45, 7) is 1.16. The Morgan fingerprint density at radius 2 is 2.35 bits per heavy atom. The van der Waals surface area contributed by atoms with Gasteiger partial charge >= 0.3 is 0 Å². The first-order valence-electron chi connectivity index (χ1n) is 8.53. The first-order valence-corrected chi connectivity index (χ1v) is 9.48. The number of carbonyl (C=O) groups excluding carboxylic acids is 1. The van der Waals surface area contributed by atoms with Gasteiger partial charge in [-0.25, -0.2) is 0 Å². The molecule has 9 heteroatoms. The van der Waals surface area contributed by atoms with Gasteiger partial charge in [0.05, 0.1) is 5.69 Å². The number of aromatic nitrogens is 5. The van der Waals surface area contributed by atoms with Crippen LogP contribution in [0.1, 0.15) is 40.9 Å². The lowest BCUT2D eigenvalue weighted by Gasteiger charge is -2.31. The first-order chi connectivity index (χ1) is 12.7. The number of nitrogens with zero attached hydrogens (tertiary/aromatic N) is 5. The summed E-state index contributed by atoms with van der Waals surface area (Å²) >= 11 is 1.60. The summed E-state index contributed by atoms with van der Waals surface area (Å²) in [5.41, 5.74) is 2.29. The van der Waals surface area contributed by atoms with E-state index in [0.29, 0.717) is 24.6 Å². The molecule has 4 heterocycles. The molecule has 0 aliphatic carbocycles. The van der Waals surface area contributed by atoms with Crippen molar-refractivity contribution in [3.8, 4) is 11.3 Å². The zero-order chi connectivity index (χ0) is 18.1. The highest BCUT2D eigenvalue weighted by molar-refractivity contribution is 7.08. The zero-order valence-corrected chi connectivity index (χ0v) is 15.2. The molecule has 1 unspecified atom stereocenters. The Balaban J connectivity index is 1.50. The van der Waals surface area contributed by atoms with Crippen LogP contribution in [-0.4, -0.2) is 54.0 Å². The van der Waals surface area contributed by atoms with Gasteiger partial charge in [-0.05, 0) is 30.4 Å². The Hall–Kier alpha value is -2.52. The van der Waals surface area contributed by atoms with Crippen molar-refractivity contribution in [1.29, 1.82) is 0 Å². The monoisotopic (exact) mass is 372 g/mol. The minimum atomic E-state index is -0.141. The quantitative estimate of drug-likeness (QED) is 0.727. The molecule has 0 aromatic carbocycles. The largest absolute Gasteiger partial charge is 0.388 e. The van der Waals surface area contributed by atoms with E-state index in [0.717, 1.165) is 29.9 Å². The molecule has 136 valence electrons. The number of aromatic amines is 1. The Labute approximate surface area is 154 Å². The standard InChI is InChI=1S/C17H20N6O2S/c1-22-15(9-24)20-21-16(22)11-3-2-5-23(8-11)17(25)14-7-13(18-19-14)12-4-6-26-10-12/h4,6-7,10-11,24H,2-3,5,8-9H2,1H3,(H,18,19). The van der Waals surface area contributed by atoms with Crippen molar-refractivity contribution in [1.82, 2.24) is 29.9 Å². The van der Waals surface area contributed by atoms with Gasteiger partial charge in [0, 0.05) is 37.0 Å². The van der Waals surface area contributed by atoms with E-state index in [1.165, 1.54) is 0 Å². The van der Waals surface area contributed by atoms with Crippen molar-refractivity contribution < 1.29 is 9.90 Å². The molecule has 0 bridgehead atoms. The van der Waals surface area contributed by atoms with Crippen LogP contribution in [0, 0.1) is 0 Å². The lowest BCUT2D eigenvalue weighted by atomic mass is 9.97. The van der Waals surface area contributed by atoms with Crippen molar-refractivity contribution >= 4 is 17.2 Å². The molecule has 0 spiro atoms. The second kappa shape index (κ2) is 7.00. The fourth-order valence-electron chi connectivity index (χ4n) is 3.40. The minimum absolute atomic E-state index is 0.0479. The molecule has 3 aromatic rings. The third-order valence-corrected chi connectivity index (χ3v) is 5.52. The Kier molecular flexibility index (Phi) is 4.56. The van der Waals surface area contributed by atoms with Crippen molar-refractivity contribution in [3.05, 3.63) is 40.2 Å². The van der Waals surface area contributed by atoms with Crippen molar-refractivity contribution in [2.45, 2.75) is 25.4 Å². The van der Waals surface area contributed by atoms with Gasteiger partial charge in [0.1, 0.15) is 18.1 Å². The van der Waals surface area contributed by atoms with E-state index in [2.05, 4.69) is 20.4 Å². The molecule has 1 aliphatic heterocycles. The number of aliphatic hydroxyl groups excluding tert-OH is 1. The van der Waals surface area contributed by atoms with Crippen LogP contribution in [0.3, 0.4) is 0 Å².